The van der Waals surface area contributed by atoms with Crippen LogP contribution in [0.4, 0.5) is 0 Å². The lowest BCUT2D eigenvalue weighted by molar-refractivity contribution is 0.465. The number of nitrogens with zero attached hydrogens (tertiary/aromatic N) is 1. The molecule has 1 saturated heterocycles. The zero-order valence-corrected chi connectivity index (χ0v) is 7.21. The summed E-state index contributed by atoms with van der Waals surface area (Å²) in [5.74, 6) is 0.202. The summed E-state index contributed by atoms with van der Waals surface area (Å²) in [6, 6.07) is -0.0756. The van der Waals surface area contributed by atoms with Crippen molar-refractivity contribution in [3.8, 4) is 0 Å². The fraction of sp³-hybridized carbons (Fsp3) is 1.00. The van der Waals surface area contributed by atoms with Crippen LogP contribution in [0.15, 0.2) is 0 Å². The van der Waals surface area contributed by atoms with E-state index in [-0.39, 0.29) is 12.0 Å². The topological polar surface area (TPSA) is 89.4 Å². The molecular formula is C5H13N3O2S. The minimum absolute atomic E-state index is 0.0756. The van der Waals surface area contributed by atoms with E-state index < -0.39 is 10.2 Å². The summed E-state index contributed by atoms with van der Waals surface area (Å²) >= 11 is 0. The van der Waals surface area contributed by atoms with Crippen molar-refractivity contribution in [2.75, 3.05) is 13.1 Å². The van der Waals surface area contributed by atoms with E-state index in [1.807, 2.05) is 6.92 Å². The van der Waals surface area contributed by atoms with Crippen molar-refractivity contribution in [1.29, 1.82) is 0 Å². The molecule has 0 aromatic carbocycles. The van der Waals surface area contributed by atoms with Gasteiger partial charge in [-0.05, 0) is 5.92 Å². The van der Waals surface area contributed by atoms with E-state index in [0.29, 0.717) is 13.1 Å². The molecule has 0 radical (unpaired) electrons. The van der Waals surface area contributed by atoms with Gasteiger partial charge in [-0.25, -0.2) is 5.14 Å². The monoisotopic (exact) mass is 179 g/mol. The summed E-state index contributed by atoms with van der Waals surface area (Å²) in [6.07, 6.45) is 0. The first-order chi connectivity index (χ1) is 4.91. The summed E-state index contributed by atoms with van der Waals surface area (Å²) in [5, 5.41) is 4.91. The predicted molar refractivity (Wildman–Crippen MR) is 41.8 cm³/mol. The second-order valence-electron chi connectivity index (χ2n) is 3.00. The summed E-state index contributed by atoms with van der Waals surface area (Å²) in [5.41, 5.74) is 5.60. The van der Waals surface area contributed by atoms with Crippen LogP contribution in [-0.2, 0) is 10.2 Å². The van der Waals surface area contributed by atoms with E-state index in [9.17, 15) is 8.42 Å². The van der Waals surface area contributed by atoms with Gasteiger partial charge in [0.2, 0.25) is 0 Å². The average Bonchev–Trinajstić information content (AvgIpc) is 2.11. The summed E-state index contributed by atoms with van der Waals surface area (Å²) in [4.78, 5) is 0. The molecule has 0 bridgehead atoms. The third-order valence-electron chi connectivity index (χ3n) is 2.00. The van der Waals surface area contributed by atoms with Crippen LogP contribution in [0, 0.1) is 5.92 Å². The Labute approximate surface area is 66.5 Å². The van der Waals surface area contributed by atoms with Gasteiger partial charge in [0.05, 0.1) is 0 Å². The molecule has 1 fully saturated rings. The second kappa shape index (κ2) is 2.71. The van der Waals surface area contributed by atoms with Gasteiger partial charge in [0.25, 0.3) is 10.2 Å². The number of nitrogens with two attached hydrogens (primary N) is 2. The SMILES string of the molecule is C[C@H]1CN(S(N)(=O)=O)C[C@@H]1N. The van der Waals surface area contributed by atoms with Crippen molar-refractivity contribution in [3.63, 3.8) is 0 Å². The molecule has 1 heterocycles. The lowest BCUT2D eigenvalue weighted by Gasteiger charge is -2.10. The van der Waals surface area contributed by atoms with Gasteiger partial charge >= 0.3 is 0 Å². The van der Waals surface area contributed by atoms with Gasteiger partial charge in [0.15, 0.2) is 0 Å². The van der Waals surface area contributed by atoms with Crippen LogP contribution < -0.4 is 10.9 Å². The average molecular weight is 179 g/mol. The van der Waals surface area contributed by atoms with Gasteiger partial charge in [0, 0.05) is 19.1 Å². The van der Waals surface area contributed by atoms with Gasteiger partial charge in [-0.15, -0.1) is 0 Å². The van der Waals surface area contributed by atoms with Crippen LogP contribution in [0.25, 0.3) is 0 Å². The Kier molecular flexibility index (Phi) is 2.19. The summed E-state index contributed by atoms with van der Waals surface area (Å²) in [7, 11) is -3.52. The van der Waals surface area contributed by atoms with Crippen LogP contribution in [-0.4, -0.2) is 31.9 Å². The molecule has 11 heavy (non-hydrogen) atoms. The Balaban J connectivity index is 2.69. The molecule has 0 aromatic rings. The van der Waals surface area contributed by atoms with E-state index in [2.05, 4.69) is 0 Å². The third kappa shape index (κ3) is 1.90. The molecule has 5 nitrogen and oxygen atoms in total. The first kappa shape index (κ1) is 8.92. The first-order valence-corrected chi connectivity index (χ1v) is 4.95. The Morgan fingerprint density at radius 1 is 1.45 bits per heavy atom. The van der Waals surface area contributed by atoms with E-state index >= 15 is 0 Å². The molecule has 4 N–H and O–H groups in total. The van der Waals surface area contributed by atoms with Crippen LogP contribution in [0.3, 0.4) is 0 Å². The molecule has 0 spiro atoms. The molecule has 1 aliphatic heterocycles. The fourth-order valence-electron chi connectivity index (χ4n) is 1.15. The van der Waals surface area contributed by atoms with Gasteiger partial charge in [-0.3, -0.25) is 0 Å². The maximum atomic E-state index is 10.8. The highest BCUT2D eigenvalue weighted by atomic mass is 32.2. The Hall–Kier alpha value is -0.170. The normalized spacial score (nSPS) is 34.5. The molecule has 66 valence electrons. The molecule has 2 atom stereocenters. The lowest BCUT2D eigenvalue weighted by atomic mass is 10.1. The summed E-state index contributed by atoms with van der Waals surface area (Å²) in [6.45, 7) is 2.70. The predicted octanol–water partition coefficient (Wildman–Crippen LogP) is -1.53. The maximum absolute atomic E-state index is 10.8. The van der Waals surface area contributed by atoms with Gasteiger partial charge in [-0.2, -0.15) is 12.7 Å². The van der Waals surface area contributed by atoms with Crippen molar-refractivity contribution in [1.82, 2.24) is 4.31 Å². The lowest BCUT2D eigenvalue weighted by Crippen LogP contribution is -2.36. The smallest absolute Gasteiger partial charge is 0.276 e. The maximum Gasteiger partial charge on any atom is 0.276 e. The zero-order valence-electron chi connectivity index (χ0n) is 6.40. The molecule has 0 aromatic heterocycles. The minimum atomic E-state index is -3.52. The van der Waals surface area contributed by atoms with Gasteiger partial charge in [-0.1, -0.05) is 6.92 Å². The van der Waals surface area contributed by atoms with E-state index in [0.717, 1.165) is 0 Å². The van der Waals surface area contributed by atoms with E-state index in [4.69, 9.17) is 10.9 Å². The molecule has 6 heteroatoms. The standard InChI is InChI=1S/C5H13N3O2S/c1-4-2-8(3-5(4)6)11(7,9)10/h4-5H,2-3,6H2,1H3,(H2,7,9,10)/t4-,5-/m0/s1. The first-order valence-electron chi connectivity index (χ1n) is 3.44. The Morgan fingerprint density at radius 3 is 2.18 bits per heavy atom. The molecular weight excluding hydrogens is 166 g/mol. The molecule has 0 aliphatic carbocycles. The highest BCUT2D eigenvalue weighted by Crippen LogP contribution is 2.15. The highest BCUT2D eigenvalue weighted by molar-refractivity contribution is 7.86. The third-order valence-corrected chi connectivity index (χ3v) is 3.01. The molecule has 0 amide bonds. The minimum Gasteiger partial charge on any atom is -0.326 e. The van der Waals surface area contributed by atoms with Gasteiger partial charge < -0.3 is 5.73 Å². The van der Waals surface area contributed by atoms with Crippen molar-refractivity contribution in [3.05, 3.63) is 0 Å². The zero-order chi connectivity index (χ0) is 8.65. The van der Waals surface area contributed by atoms with Crippen molar-refractivity contribution < 1.29 is 8.42 Å². The van der Waals surface area contributed by atoms with Crippen LogP contribution in [0.2, 0.25) is 0 Å². The molecule has 1 aliphatic rings. The second-order valence-corrected chi connectivity index (χ2v) is 4.55. The Bertz CT molecular complexity index is 228. The number of rotatable bonds is 1. The fourth-order valence-corrected chi connectivity index (χ4v) is 1.98. The van der Waals surface area contributed by atoms with Gasteiger partial charge in [0.1, 0.15) is 0 Å². The summed E-state index contributed by atoms with van der Waals surface area (Å²) < 4.78 is 22.8. The number of hydrogen-bond donors (Lipinski definition) is 2. The van der Waals surface area contributed by atoms with Crippen molar-refractivity contribution in [2.24, 2.45) is 16.8 Å². The van der Waals surface area contributed by atoms with Crippen molar-refractivity contribution in [2.45, 2.75) is 13.0 Å². The Morgan fingerprint density at radius 2 is 2.00 bits per heavy atom. The van der Waals surface area contributed by atoms with Crippen LogP contribution >= 0.6 is 0 Å². The van der Waals surface area contributed by atoms with E-state index in [1.54, 1.807) is 0 Å². The molecule has 0 unspecified atom stereocenters. The highest BCUT2D eigenvalue weighted by Gasteiger charge is 2.32. The van der Waals surface area contributed by atoms with E-state index in [1.165, 1.54) is 4.31 Å². The molecule has 0 saturated carbocycles. The largest absolute Gasteiger partial charge is 0.326 e. The van der Waals surface area contributed by atoms with Crippen LogP contribution in [0.5, 0.6) is 0 Å². The van der Waals surface area contributed by atoms with Crippen molar-refractivity contribution >= 4 is 10.2 Å². The molecule has 1 rings (SSSR count). The quantitative estimate of drug-likeness (QED) is 0.511. The number of hydrogen-bond acceptors (Lipinski definition) is 3. The van der Waals surface area contributed by atoms with Crippen LogP contribution in [0.1, 0.15) is 6.92 Å².